The van der Waals surface area contributed by atoms with Gasteiger partial charge in [0.2, 0.25) is 3.53 Å². The molecular weight excluding hydrogens is 293 g/mol. The molecule has 0 fully saturated rings. The summed E-state index contributed by atoms with van der Waals surface area (Å²) in [4.78, 5) is 0. The van der Waals surface area contributed by atoms with E-state index in [0.717, 1.165) is 10.6 Å². The molecule has 2 aromatic rings. The van der Waals surface area contributed by atoms with Crippen LogP contribution in [0.2, 0.25) is 0 Å². The van der Waals surface area contributed by atoms with Crippen molar-refractivity contribution in [1.82, 2.24) is 0 Å². The van der Waals surface area contributed by atoms with Crippen LogP contribution in [0.4, 0.5) is 0 Å². The molecule has 2 rings (SSSR count). The Labute approximate surface area is 117 Å². The Hall–Kier alpha value is -0.260. The molecule has 0 saturated heterocycles. The molecule has 4 heteroatoms. The van der Waals surface area contributed by atoms with E-state index in [1.165, 1.54) is 0 Å². The molecule has 0 amide bonds. The SMILES string of the molecule is ClC(Cl)(Cl)P(c1ccccc1)c1ccccc1. The smallest absolute Gasteiger partial charge is 0.0781 e. The molecule has 0 heterocycles. The zero-order valence-corrected chi connectivity index (χ0v) is 12.0. The topological polar surface area (TPSA) is 0 Å². The largest absolute Gasteiger partial charge is 0.216 e. The van der Waals surface area contributed by atoms with Crippen LogP contribution in [0.25, 0.3) is 0 Å². The maximum absolute atomic E-state index is 6.13. The highest BCUT2D eigenvalue weighted by atomic mass is 35.6. The highest BCUT2D eigenvalue weighted by Crippen LogP contribution is 2.56. The highest BCUT2D eigenvalue weighted by molar-refractivity contribution is 7.79. The summed E-state index contributed by atoms with van der Waals surface area (Å²) in [6.45, 7) is 0. The average molecular weight is 304 g/mol. The molecule has 88 valence electrons. The first kappa shape index (κ1) is 13.2. The quantitative estimate of drug-likeness (QED) is 0.568. The van der Waals surface area contributed by atoms with Gasteiger partial charge in [-0.1, -0.05) is 95.5 Å². The minimum absolute atomic E-state index is 0.996. The Bertz CT molecular complexity index is 426. The summed E-state index contributed by atoms with van der Waals surface area (Å²) >= 11 is 18.4. The summed E-state index contributed by atoms with van der Waals surface area (Å²) in [5.74, 6) is 0. The van der Waals surface area contributed by atoms with Crippen LogP contribution < -0.4 is 10.6 Å². The van der Waals surface area contributed by atoms with E-state index in [0.29, 0.717) is 0 Å². The van der Waals surface area contributed by atoms with Crippen LogP contribution in [-0.4, -0.2) is 3.53 Å². The van der Waals surface area contributed by atoms with Crippen molar-refractivity contribution in [3.8, 4) is 0 Å². The van der Waals surface area contributed by atoms with Crippen molar-refractivity contribution >= 4 is 53.3 Å². The van der Waals surface area contributed by atoms with Crippen molar-refractivity contribution in [1.29, 1.82) is 0 Å². The van der Waals surface area contributed by atoms with E-state index in [9.17, 15) is 0 Å². The van der Waals surface area contributed by atoms with Gasteiger partial charge in [-0.3, -0.25) is 0 Å². The number of hydrogen-bond donors (Lipinski definition) is 0. The van der Waals surface area contributed by atoms with Crippen molar-refractivity contribution in [2.24, 2.45) is 0 Å². The molecule has 0 atom stereocenters. The van der Waals surface area contributed by atoms with Crippen molar-refractivity contribution in [3.05, 3.63) is 60.7 Å². The lowest BCUT2D eigenvalue weighted by atomic mass is 10.4. The highest BCUT2D eigenvalue weighted by Gasteiger charge is 2.34. The standard InChI is InChI=1S/C13H10Cl3P/c14-13(15,16)17(11-7-3-1-4-8-11)12-9-5-2-6-10-12/h1-10H. The minimum Gasteiger partial charge on any atom is -0.0781 e. The van der Waals surface area contributed by atoms with Gasteiger partial charge >= 0.3 is 0 Å². The van der Waals surface area contributed by atoms with Gasteiger partial charge in [-0.05, 0) is 10.6 Å². The van der Waals surface area contributed by atoms with Gasteiger partial charge in [-0.25, -0.2) is 0 Å². The van der Waals surface area contributed by atoms with E-state index in [4.69, 9.17) is 34.8 Å². The Morgan fingerprint density at radius 1 is 0.647 bits per heavy atom. The second kappa shape index (κ2) is 5.59. The lowest BCUT2D eigenvalue weighted by Crippen LogP contribution is -2.20. The zero-order chi connectivity index (χ0) is 12.3. The second-order valence-electron chi connectivity index (χ2n) is 3.47. The number of alkyl halides is 3. The number of benzene rings is 2. The van der Waals surface area contributed by atoms with Crippen molar-refractivity contribution in [2.75, 3.05) is 0 Å². The lowest BCUT2D eigenvalue weighted by molar-refractivity contribution is 1.68. The molecule has 0 aliphatic heterocycles. The molecule has 0 N–H and O–H groups in total. The first-order chi connectivity index (χ1) is 8.09. The van der Waals surface area contributed by atoms with Crippen LogP contribution >= 0.6 is 42.7 Å². The molecule has 0 nitrogen and oxygen atoms in total. The predicted molar refractivity (Wildman–Crippen MR) is 79.4 cm³/mol. The summed E-state index contributed by atoms with van der Waals surface area (Å²) < 4.78 is -1.29. The van der Waals surface area contributed by atoms with E-state index < -0.39 is 11.5 Å². The van der Waals surface area contributed by atoms with Crippen molar-refractivity contribution in [2.45, 2.75) is 3.53 Å². The van der Waals surface area contributed by atoms with E-state index in [2.05, 4.69) is 0 Å². The Kier molecular flexibility index (Phi) is 4.33. The molecule has 17 heavy (non-hydrogen) atoms. The third-order valence-corrected chi connectivity index (χ3v) is 5.94. The zero-order valence-electron chi connectivity index (χ0n) is 8.85. The Morgan fingerprint density at radius 3 is 1.29 bits per heavy atom. The van der Waals surface area contributed by atoms with Crippen molar-refractivity contribution < 1.29 is 0 Å². The van der Waals surface area contributed by atoms with Gasteiger partial charge in [-0.15, -0.1) is 0 Å². The normalized spacial score (nSPS) is 11.8. The average Bonchev–Trinajstić information content (AvgIpc) is 2.30. The van der Waals surface area contributed by atoms with Gasteiger partial charge in [0.25, 0.3) is 0 Å². The number of halogens is 3. The van der Waals surface area contributed by atoms with Crippen LogP contribution in [0.1, 0.15) is 0 Å². The van der Waals surface area contributed by atoms with Gasteiger partial charge in [0.15, 0.2) is 0 Å². The maximum atomic E-state index is 6.13. The molecule has 2 aromatic carbocycles. The monoisotopic (exact) mass is 302 g/mol. The van der Waals surface area contributed by atoms with Gasteiger partial charge < -0.3 is 0 Å². The fraction of sp³-hybridized carbons (Fsp3) is 0.0769. The lowest BCUT2D eigenvalue weighted by Gasteiger charge is -2.25. The summed E-state index contributed by atoms with van der Waals surface area (Å²) in [5, 5.41) is 2.13. The van der Waals surface area contributed by atoms with Crippen LogP contribution in [-0.2, 0) is 0 Å². The molecule has 0 aliphatic carbocycles. The molecule has 0 radical (unpaired) electrons. The number of rotatable bonds is 2. The van der Waals surface area contributed by atoms with Gasteiger partial charge in [0, 0.05) is 7.92 Å². The summed E-state index contributed by atoms with van der Waals surface area (Å²) in [6, 6.07) is 19.8. The number of hydrogen-bond acceptors (Lipinski definition) is 0. The molecule has 0 spiro atoms. The molecule has 0 bridgehead atoms. The summed E-state index contributed by atoms with van der Waals surface area (Å²) in [6.07, 6.45) is 0. The fourth-order valence-electron chi connectivity index (χ4n) is 1.60. The van der Waals surface area contributed by atoms with Crippen molar-refractivity contribution in [3.63, 3.8) is 0 Å². The van der Waals surface area contributed by atoms with Gasteiger partial charge in [-0.2, -0.15) is 0 Å². The van der Waals surface area contributed by atoms with E-state index in [1.807, 2.05) is 60.7 Å². The molecule has 0 saturated carbocycles. The van der Waals surface area contributed by atoms with Crippen LogP contribution in [0.3, 0.4) is 0 Å². The summed E-state index contributed by atoms with van der Waals surface area (Å²) in [5.41, 5.74) is 0. The van der Waals surface area contributed by atoms with Gasteiger partial charge in [0.1, 0.15) is 0 Å². The van der Waals surface area contributed by atoms with E-state index in [1.54, 1.807) is 0 Å². The molecule has 0 unspecified atom stereocenters. The molecule has 0 aromatic heterocycles. The Balaban J connectivity index is 2.48. The summed E-state index contributed by atoms with van der Waals surface area (Å²) in [7, 11) is -0.996. The van der Waals surface area contributed by atoms with Crippen LogP contribution in [0, 0.1) is 0 Å². The third-order valence-electron chi connectivity index (χ3n) is 2.28. The third kappa shape index (κ3) is 3.36. The molecule has 0 aliphatic rings. The van der Waals surface area contributed by atoms with Crippen LogP contribution in [0.5, 0.6) is 0 Å². The minimum atomic E-state index is -1.29. The van der Waals surface area contributed by atoms with Gasteiger partial charge in [0.05, 0.1) is 0 Å². The predicted octanol–water partition coefficient (Wildman–Crippen LogP) is 4.45. The Morgan fingerprint density at radius 2 is 1.00 bits per heavy atom. The van der Waals surface area contributed by atoms with E-state index in [-0.39, 0.29) is 0 Å². The van der Waals surface area contributed by atoms with E-state index >= 15 is 0 Å². The second-order valence-corrected chi connectivity index (χ2v) is 8.92. The maximum Gasteiger partial charge on any atom is 0.216 e. The fourth-order valence-corrected chi connectivity index (χ4v) is 5.18. The van der Waals surface area contributed by atoms with Crippen LogP contribution in [0.15, 0.2) is 60.7 Å². The molecular formula is C13H10Cl3P. The first-order valence-corrected chi connectivity index (χ1v) is 7.53. The first-order valence-electron chi connectivity index (χ1n) is 5.06.